The largest absolute Gasteiger partial charge is 0.495 e. The molecule has 0 bridgehead atoms. The van der Waals surface area contributed by atoms with Crippen LogP contribution in [0.1, 0.15) is 10.4 Å². The number of anilines is 3. The normalized spacial score (nSPS) is 14.3. The third-order valence-corrected chi connectivity index (χ3v) is 3.91. The number of ether oxygens (including phenoxy) is 2. The van der Waals surface area contributed by atoms with Gasteiger partial charge in [0.05, 0.1) is 19.4 Å². The van der Waals surface area contributed by atoms with Crippen LogP contribution in [-0.4, -0.2) is 38.7 Å². The van der Waals surface area contributed by atoms with Gasteiger partial charge in [-0.25, -0.2) is 0 Å². The molecular weight excluding hydrogens is 322 g/mol. The third kappa shape index (κ3) is 3.72. The van der Waals surface area contributed by atoms with Crippen molar-refractivity contribution in [2.45, 2.75) is 0 Å². The quantitative estimate of drug-likeness (QED) is 0.828. The fraction of sp³-hybridized carbons (Fsp3) is 0.222. The van der Waals surface area contributed by atoms with Gasteiger partial charge in [-0.2, -0.15) is 0 Å². The highest BCUT2D eigenvalue weighted by atomic mass is 16.5. The lowest BCUT2D eigenvalue weighted by atomic mass is 10.1. The average Bonchev–Trinajstić information content (AvgIpc) is 2.63. The Kier molecular flexibility index (Phi) is 4.85. The van der Waals surface area contributed by atoms with E-state index in [1.165, 1.54) is 7.11 Å². The molecule has 1 fully saturated rings. The molecule has 1 aliphatic heterocycles. The van der Waals surface area contributed by atoms with E-state index in [9.17, 15) is 9.59 Å². The zero-order chi connectivity index (χ0) is 17.8. The lowest BCUT2D eigenvalue weighted by Crippen LogP contribution is -2.41. The van der Waals surface area contributed by atoms with Gasteiger partial charge in [0.1, 0.15) is 12.4 Å². The number of nitrogens with zero attached hydrogens (tertiary/aromatic N) is 1. The average molecular weight is 341 g/mol. The van der Waals surface area contributed by atoms with Crippen LogP contribution in [0.3, 0.4) is 0 Å². The summed E-state index contributed by atoms with van der Waals surface area (Å²) >= 11 is 0. The Hall–Kier alpha value is -3.06. The van der Waals surface area contributed by atoms with E-state index in [4.69, 9.17) is 15.2 Å². The molecule has 1 heterocycles. The Morgan fingerprint density at radius 2 is 2.00 bits per heavy atom. The predicted octanol–water partition coefficient (Wildman–Crippen LogP) is 1.89. The first-order valence-corrected chi connectivity index (χ1v) is 7.81. The monoisotopic (exact) mass is 341 g/mol. The molecule has 3 N–H and O–H groups in total. The number of rotatable bonds is 4. The van der Waals surface area contributed by atoms with Gasteiger partial charge in [0, 0.05) is 23.5 Å². The molecule has 0 radical (unpaired) electrons. The van der Waals surface area contributed by atoms with Crippen LogP contribution in [-0.2, 0) is 9.53 Å². The van der Waals surface area contributed by atoms with E-state index in [0.717, 1.165) is 5.69 Å². The lowest BCUT2D eigenvalue weighted by Gasteiger charge is -2.26. The summed E-state index contributed by atoms with van der Waals surface area (Å²) in [6.07, 6.45) is 0. The van der Waals surface area contributed by atoms with Crippen LogP contribution in [0, 0.1) is 0 Å². The molecule has 1 aliphatic rings. The van der Waals surface area contributed by atoms with Crippen LogP contribution < -0.4 is 20.7 Å². The van der Waals surface area contributed by atoms with Crippen molar-refractivity contribution in [1.82, 2.24) is 0 Å². The Morgan fingerprint density at radius 3 is 2.64 bits per heavy atom. The zero-order valence-electron chi connectivity index (χ0n) is 13.8. The molecule has 2 aromatic carbocycles. The van der Waals surface area contributed by atoms with Crippen LogP contribution in [0.4, 0.5) is 17.1 Å². The van der Waals surface area contributed by atoms with Crippen molar-refractivity contribution in [2.24, 2.45) is 0 Å². The highest BCUT2D eigenvalue weighted by Gasteiger charge is 2.20. The Bertz CT molecular complexity index is 789. The second-order valence-corrected chi connectivity index (χ2v) is 5.56. The van der Waals surface area contributed by atoms with Gasteiger partial charge in [-0.05, 0) is 42.5 Å². The smallest absolute Gasteiger partial charge is 0.255 e. The van der Waals surface area contributed by atoms with E-state index in [0.29, 0.717) is 35.8 Å². The van der Waals surface area contributed by atoms with Crippen molar-refractivity contribution >= 4 is 28.9 Å². The van der Waals surface area contributed by atoms with Crippen LogP contribution in [0.2, 0.25) is 0 Å². The van der Waals surface area contributed by atoms with E-state index >= 15 is 0 Å². The van der Waals surface area contributed by atoms with Crippen molar-refractivity contribution in [2.75, 3.05) is 42.8 Å². The molecule has 7 heteroatoms. The summed E-state index contributed by atoms with van der Waals surface area (Å²) in [5.74, 6) is 0.178. The van der Waals surface area contributed by atoms with E-state index in [-0.39, 0.29) is 18.4 Å². The summed E-state index contributed by atoms with van der Waals surface area (Å²) < 4.78 is 10.2. The number of benzene rings is 2. The van der Waals surface area contributed by atoms with Crippen molar-refractivity contribution in [3.63, 3.8) is 0 Å². The SMILES string of the molecule is COc1ccc(C(=O)Nc2ccc(N3CCOCC3=O)cc2)cc1N. The van der Waals surface area contributed by atoms with Crippen LogP contribution in [0.5, 0.6) is 5.75 Å². The van der Waals surface area contributed by atoms with Gasteiger partial charge in [-0.15, -0.1) is 0 Å². The van der Waals surface area contributed by atoms with E-state index < -0.39 is 0 Å². The molecule has 3 rings (SSSR count). The fourth-order valence-corrected chi connectivity index (χ4v) is 2.59. The number of nitrogens with one attached hydrogen (secondary N) is 1. The molecule has 0 aromatic heterocycles. The van der Waals surface area contributed by atoms with Gasteiger partial charge in [0.15, 0.2) is 0 Å². The molecule has 0 saturated carbocycles. The maximum Gasteiger partial charge on any atom is 0.255 e. The first-order valence-electron chi connectivity index (χ1n) is 7.81. The molecule has 7 nitrogen and oxygen atoms in total. The van der Waals surface area contributed by atoms with Crippen molar-refractivity contribution in [3.05, 3.63) is 48.0 Å². The van der Waals surface area contributed by atoms with E-state index in [2.05, 4.69) is 5.32 Å². The van der Waals surface area contributed by atoms with Gasteiger partial charge in [0.25, 0.3) is 11.8 Å². The number of carbonyl (C=O) groups excluding carboxylic acids is 2. The molecular formula is C18H19N3O4. The number of amides is 2. The van der Waals surface area contributed by atoms with Gasteiger partial charge in [0.2, 0.25) is 0 Å². The van der Waals surface area contributed by atoms with Crippen molar-refractivity contribution < 1.29 is 19.1 Å². The van der Waals surface area contributed by atoms with Gasteiger partial charge in [-0.1, -0.05) is 0 Å². The molecule has 0 atom stereocenters. The topological polar surface area (TPSA) is 93.9 Å². The summed E-state index contributed by atoms with van der Waals surface area (Å²) in [6.45, 7) is 1.14. The Morgan fingerprint density at radius 1 is 1.24 bits per heavy atom. The lowest BCUT2D eigenvalue weighted by molar-refractivity contribution is -0.125. The summed E-state index contributed by atoms with van der Waals surface area (Å²) in [6, 6.07) is 12.0. The van der Waals surface area contributed by atoms with Crippen molar-refractivity contribution in [1.29, 1.82) is 0 Å². The molecule has 130 valence electrons. The maximum atomic E-state index is 12.3. The zero-order valence-corrected chi connectivity index (χ0v) is 13.8. The molecule has 0 aliphatic carbocycles. The molecule has 2 amide bonds. The highest BCUT2D eigenvalue weighted by molar-refractivity contribution is 6.05. The first-order chi connectivity index (χ1) is 12.1. The number of nitrogen functional groups attached to an aromatic ring is 1. The number of carbonyl (C=O) groups is 2. The summed E-state index contributed by atoms with van der Waals surface area (Å²) in [5.41, 5.74) is 8.07. The number of nitrogens with two attached hydrogens (primary N) is 1. The molecule has 0 unspecified atom stereocenters. The number of hydrogen-bond donors (Lipinski definition) is 2. The second-order valence-electron chi connectivity index (χ2n) is 5.56. The Balaban J connectivity index is 1.69. The second kappa shape index (κ2) is 7.23. The molecule has 25 heavy (non-hydrogen) atoms. The predicted molar refractivity (Wildman–Crippen MR) is 95.0 cm³/mol. The summed E-state index contributed by atoms with van der Waals surface area (Å²) in [5, 5.41) is 2.80. The minimum absolute atomic E-state index is 0.0725. The maximum absolute atomic E-state index is 12.3. The van der Waals surface area contributed by atoms with Gasteiger partial charge in [-0.3, -0.25) is 9.59 Å². The molecule has 0 spiro atoms. The summed E-state index contributed by atoms with van der Waals surface area (Å²) in [4.78, 5) is 25.8. The Labute approximate surface area is 145 Å². The highest BCUT2D eigenvalue weighted by Crippen LogP contribution is 2.23. The van der Waals surface area contributed by atoms with E-state index in [1.54, 1.807) is 47.4 Å². The number of methoxy groups -OCH3 is 1. The third-order valence-electron chi connectivity index (χ3n) is 3.91. The van der Waals surface area contributed by atoms with Crippen LogP contribution >= 0.6 is 0 Å². The summed E-state index contributed by atoms with van der Waals surface area (Å²) in [7, 11) is 1.52. The number of hydrogen-bond acceptors (Lipinski definition) is 5. The van der Waals surface area contributed by atoms with Crippen LogP contribution in [0.25, 0.3) is 0 Å². The molecule has 2 aromatic rings. The van der Waals surface area contributed by atoms with Crippen molar-refractivity contribution in [3.8, 4) is 5.75 Å². The first kappa shape index (κ1) is 16.8. The van der Waals surface area contributed by atoms with E-state index in [1.807, 2.05) is 0 Å². The van der Waals surface area contributed by atoms with Gasteiger partial charge >= 0.3 is 0 Å². The van der Waals surface area contributed by atoms with Crippen LogP contribution in [0.15, 0.2) is 42.5 Å². The standard InChI is InChI=1S/C18H19N3O4/c1-24-16-7-2-12(10-15(16)19)18(23)20-13-3-5-14(6-4-13)21-8-9-25-11-17(21)22/h2-7,10H,8-9,11,19H2,1H3,(H,20,23). The molecule has 1 saturated heterocycles. The minimum Gasteiger partial charge on any atom is -0.495 e. The minimum atomic E-state index is -0.274. The van der Waals surface area contributed by atoms with Gasteiger partial charge < -0.3 is 25.4 Å². The fourth-order valence-electron chi connectivity index (χ4n) is 2.59. The number of morpholine rings is 1.